The van der Waals surface area contributed by atoms with Crippen LogP contribution in [-0.4, -0.2) is 10.1 Å². The molecule has 0 aliphatic heterocycles. The van der Waals surface area contributed by atoms with E-state index in [0.29, 0.717) is 21.1 Å². The first-order valence-corrected chi connectivity index (χ1v) is 7.70. The minimum atomic E-state index is -0.427. The predicted molar refractivity (Wildman–Crippen MR) is 93.8 cm³/mol. The topological polar surface area (TPSA) is 33.1 Å². The van der Waals surface area contributed by atoms with Crippen molar-refractivity contribution in [3.8, 4) is 5.75 Å². The molecule has 0 atom stereocenters. The average Bonchev–Trinajstić information content (AvgIpc) is 2.52. The monoisotopic (exact) mass is 367 g/mol. The Balaban J connectivity index is 2.08. The van der Waals surface area contributed by atoms with E-state index in [1.165, 1.54) is 24.3 Å². The summed E-state index contributed by atoms with van der Waals surface area (Å²) < 4.78 is 13.7. The molecule has 0 amide bonds. The quantitative estimate of drug-likeness (QED) is 0.583. The summed E-state index contributed by atoms with van der Waals surface area (Å²) in [4.78, 5) is 4.30. The van der Waals surface area contributed by atoms with Crippen molar-refractivity contribution in [2.24, 2.45) is 0 Å². The average molecular weight is 369 g/mol. The van der Waals surface area contributed by atoms with Gasteiger partial charge in [-0.25, -0.2) is 9.37 Å². The van der Waals surface area contributed by atoms with Gasteiger partial charge in [-0.05, 0) is 42.5 Å². The molecule has 0 bridgehead atoms. The van der Waals surface area contributed by atoms with Gasteiger partial charge in [0.25, 0.3) is 0 Å². The van der Waals surface area contributed by atoms with Crippen LogP contribution in [0.25, 0.3) is 23.1 Å². The largest absolute Gasteiger partial charge is 0.504 e. The fraction of sp³-hybridized carbons (Fsp3) is 0. The number of nitrogens with zero attached hydrogens (tertiary/aromatic N) is 1. The Labute approximate surface area is 146 Å². The molecule has 0 saturated heterocycles. The molecule has 2 nitrogen and oxygen atoms in total. The van der Waals surface area contributed by atoms with Crippen molar-refractivity contribution in [1.82, 2.24) is 4.98 Å². The smallest absolute Gasteiger partial charge is 0.160 e. The maximum absolute atomic E-state index is 13.7. The Bertz CT molecular complexity index is 921. The molecule has 23 heavy (non-hydrogen) atoms. The number of aromatic hydroxyl groups is 1. The summed E-state index contributed by atoms with van der Waals surface area (Å²) in [6.45, 7) is 0. The zero-order valence-corrected chi connectivity index (χ0v) is 13.8. The van der Waals surface area contributed by atoms with Crippen molar-refractivity contribution in [2.45, 2.75) is 0 Å². The Hall–Kier alpha value is -1.81. The van der Waals surface area contributed by atoms with Crippen LogP contribution in [0, 0.1) is 5.82 Å². The maximum Gasteiger partial charge on any atom is 0.160 e. The van der Waals surface area contributed by atoms with Gasteiger partial charge in [0.15, 0.2) is 5.75 Å². The van der Waals surface area contributed by atoms with Crippen molar-refractivity contribution in [3.05, 3.63) is 68.5 Å². The van der Waals surface area contributed by atoms with Gasteiger partial charge in [-0.1, -0.05) is 40.9 Å². The number of rotatable bonds is 2. The van der Waals surface area contributed by atoms with E-state index >= 15 is 0 Å². The second-order valence-corrected chi connectivity index (χ2v) is 6.01. The summed E-state index contributed by atoms with van der Waals surface area (Å²) in [5.41, 5.74) is 1.05. The zero-order valence-electron chi connectivity index (χ0n) is 11.5. The fourth-order valence-corrected chi connectivity index (χ4v) is 2.89. The number of hydrogen-bond donors (Lipinski definition) is 1. The minimum Gasteiger partial charge on any atom is -0.504 e. The van der Waals surface area contributed by atoms with Crippen LogP contribution in [0.5, 0.6) is 5.75 Å². The van der Waals surface area contributed by atoms with E-state index in [4.69, 9.17) is 34.8 Å². The molecule has 0 saturated carbocycles. The van der Waals surface area contributed by atoms with Crippen molar-refractivity contribution in [1.29, 1.82) is 0 Å². The molecular formula is C17H9Cl3FNO. The number of phenols is 1. The highest BCUT2D eigenvalue weighted by atomic mass is 35.5. The van der Waals surface area contributed by atoms with E-state index in [1.54, 1.807) is 24.3 Å². The van der Waals surface area contributed by atoms with Gasteiger partial charge in [0.1, 0.15) is 11.3 Å². The van der Waals surface area contributed by atoms with E-state index < -0.39 is 5.82 Å². The molecular weight excluding hydrogens is 360 g/mol. The molecule has 1 heterocycles. The lowest BCUT2D eigenvalue weighted by Gasteiger charge is -2.06. The number of fused-ring (bicyclic) bond motifs is 1. The third-order valence-corrected chi connectivity index (χ3v) is 4.23. The van der Waals surface area contributed by atoms with Crippen LogP contribution >= 0.6 is 34.8 Å². The van der Waals surface area contributed by atoms with Gasteiger partial charge < -0.3 is 5.11 Å². The van der Waals surface area contributed by atoms with Gasteiger partial charge in [0.05, 0.1) is 20.8 Å². The highest BCUT2D eigenvalue weighted by molar-refractivity contribution is 6.39. The van der Waals surface area contributed by atoms with Crippen molar-refractivity contribution < 1.29 is 9.50 Å². The van der Waals surface area contributed by atoms with Crippen LogP contribution in [0.4, 0.5) is 4.39 Å². The summed E-state index contributed by atoms with van der Waals surface area (Å²) >= 11 is 18.0. The number of aromatic nitrogens is 1. The second-order valence-electron chi connectivity index (χ2n) is 4.79. The molecule has 0 aliphatic rings. The van der Waals surface area contributed by atoms with Crippen molar-refractivity contribution >= 4 is 57.9 Å². The van der Waals surface area contributed by atoms with Gasteiger partial charge in [0.2, 0.25) is 0 Å². The van der Waals surface area contributed by atoms with Gasteiger partial charge in [-0.3, -0.25) is 0 Å². The van der Waals surface area contributed by atoms with Gasteiger partial charge in [-0.2, -0.15) is 0 Å². The van der Waals surface area contributed by atoms with Gasteiger partial charge in [-0.15, -0.1) is 0 Å². The highest BCUT2D eigenvalue weighted by Gasteiger charge is 2.11. The zero-order chi connectivity index (χ0) is 16.6. The lowest BCUT2D eigenvalue weighted by atomic mass is 10.1. The number of benzene rings is 2. The van der Waals surface area contributed by atoms with E-state index in [1.807, 2.05) is 0 Å². The number of pyridine rings is 1. The van der Waals surface area contributed by atoms with Gasteiger partial charge in [0, 0.05) is 10.9 Å². The maximum atomic E-state index is 13.7. The SMILES string of the molecule is Oc1c(Cl)cc(Cl)c2ccc(/C=C/c3c(F)cccc3Cl)nc12. The molecule has 0 unspecified atom stereocenters. The number of phenolic OH excluding ortho intramolecular Hbond substituents is 1. The molecule has 3 aromatic rings. The van der Waals surface area contributed by atoms with Crippen LogP contribution in [0.1, 0.15) is 11.3 Å². The molecule has 1 aromatic heterocycles. The third kappa shape index (κ3) is 3.13. The Morgan fingerprint density at radius 3 is 2.48 bits per heavy atom. The molecule has 2 aromatic carbocycles. The lowest BCUT2D eigenvalue weighted by molar-refractivity contribution is 0.480. The normalized spacial score (nSPS) is 11.5. The van der Waals surface area contributed by atoms with Crippen LogP contribution in [0.15, 0.2) is 36.4 Å². The van der Waals surface area contributed by atoms with Crippen LogP contribution < -0.4 is 0 Å². The fourth-order valence-electron chi connectivity index (χ4n) is 2.15. The van der Waals surface area contributed by atoms with E-state index in [2.05, 4.69) is 4.98 Å². The lowest BCUT2D eigenvalue weighted by Crippen LogP contribution is -1.87. The van der Waals surface area contributed by atoms with E-state index in [-0.39, 0.29) is 21.9 Å². The van der Waals surface area contributed by atoms with Gasteiger partial charge >= 0.3 is 0 Å². The second kappa shape index (κ2) is 6.36. The third-order valence-electron chi connectivity index (χ3n) is 3.30. The molecule has 1 N–H and O–H groups in total. The summed E-state index contributed by atoms with van der Waals surface area (Å²) in [6, 6.07) is 9.33. The molecule has 0 spiro atoms. The Morgan fingerprint density at radius 1 is 0.957 bits per heavy atom. The van der Waals surface area contributed by atoms with Crippen molar-refractivity contribution in [2.75, 3.05) is 0 Å². The molecule has 0 fully saturated rings. The first-order chi connectivity index (χ1) is 11.0. The van der Waals surface area contributed by atoms with E-state index in [0.717, 1.165) is 0 Å². The number of hydrogen-bond acceptors (Lipinski definition) is 2. The van der Waals surface area contributed by atoms with Crippen LogP contribution in [0.2, 0.25) is 15.1 Å². The summed E-state index contributed by atoms with van der Waals surface area (Å²) in [5.74, 6) is -0.575. The first-order valence-electron chi connectivity index (χ1n) is 6.57. The minimum absolute atomic E-state index is 0.119. The standard InChI is InChI=1S/C17H9Cl3FNO/c18-12-2-1-3-15(21)10(12)6-4-9-5-7-11-13(19)8-14(20)17(23)16(11)22-9/h1-8,23H/b6-4+. The van der Waals surface area contributed by atoms with Crippen LogP contribution in [0.3, 0.4) is 0 Å². The van der Waals surface area contributed by atoms with E-state index in [9.17, 15) is 9.50 Å². The summed E-state index contributed by atoms with van der Waals surface area (Å²) in [5, 5.41) is 11.4. The Kier molecular flexibility index (Phi) is 4.44. The molecule has 116 valence electrons. The molecule has 6 heteroatoms. The predicted octanol–water partition coefficient (Wildman–Crippen LogP) is 6.21. The molecule has 3 rings (SSSR count). The summed E-state index contributed by atoms with van der Waals surface area (Å²) in [6.07, 6.45) is 3.12. The summed E-state index contributed by atoms with van der Waals surface area (Å²) in [7, 11) is 0. The number of halogens is 4. The Morgan fingerprint density at radius 2 is 1.74 bits per heavy atom. The molecule has 0 aliphatic carbocycles. The highest BCUT2D eigenvalue weighted by Crippen LogP contribution is 2.36. The molecule has 0 radical (unpaired) electrons. The van der Waals surface area contributed by atoms with Crippen LogP contribution in [-0.2, 0) is 0 Å². The first kappa shape index (κ1) is 16.1. The van der Waals surface area contributed by atoms with Crippen molar-refractivity contribution in [3.63, 3.8) is 0 Å².